The zero-order valence-corrected chi connectivity index (χ0v) is 8.04. The lowest BCUT2D eigenvalue weighted by atomic mass is 9.83. The molecule has 0 aromatic heterocycles. The molecular weight excluding hydrogens is 164 g/mol. The van der Waals surface area contributed by atoms with Gasteiger partial charge in [0, 0.05) is 0 Å². The number of rotatable bonds is 1. The van der Waals surface area contributed by atoms with Crippen LogP contribution in [0.4, 0.5) is 0 Å². The topological polar surface area (TPSA) is 37.3 Å². The van der Waals surface area contributed by atoms with Crippen molar-refractivity contribution in [1.29, 1.82) is 0 Å². The monoisotopic (exact) mass is 182 g/mol. The molecule has 2 aliphatic rings. The molecule has 13 heavy (non-hydrogen) atoms. The van der Waals surface area contributed by atoms with E-state index in [1.165, 1.54) is 32.1 Å². The van der Waals surface area contributed by atoms with Crippen LogP contribution in [-0.2, 0) is 4.79 Å². The van der Waals surface area contributed by atoms with E-state index in [4.69, 9.17) is 5.11 Å². The van der Waals surface area contributed by atoms with E-state index >= 15 is 0 Å². The maximum absolute atomic E-state index is 11.0. The Hall–Kier alpha value is -0.530. The van der Waals surface area contributed by atoms with Crippen molar-refractivity contribution in [2.24, 2.45) is 17.8 Å². The summed E-state index contributed by atoms with van der Waals surface area (Å²) in [5.41, 5.74) is 0. The van der Waals surface area contributed by atoms with Gasteiger partial charge >= 0.3 is 5.97 Å². The first-order chi connectivity index (χ1) is 6.29. The fourth-order valence-corrected chi connectivity index (χ4v) is 3.25. The van der Waals surface area contributed by atoms with E-state index in [1.807, 2.05) is 0 Å². The number of carboxylic acids is 1. The molecule has 3 unspecified atom stereocenters. The van der Waals surface area contributed by atoms with E-state index in [9.17, 15) is 4.79 Å². The van der Waals surface area contributed by atoms with E-state index in [-0.39, 0.29) is 5.92 Å². The molecule has 0 heterocycles. The van der Waals surface area contributed by atoms with Crippen LogP contribution in [0.1, 0.15) is 44.9 Å². The minimum atomic E-state index is -0.543. The van der Waals surface area contributed by atoms with Crippen LogP contribution in [-0.4, -0.2) is 11.1 Å². The molecule has 74 valence electrons. The minimum Gasteiger partial charge on any atom is -0.481 e. The predicted octanol–water partition coefficient (Wildman–Crippen LogP) is 2.68. The van der Waals surface area contributed by atoms with Crippen LogP contribution in [0, 0.1) is 17.8 Å². The lowest BCUT2D eigenvalue weighted by Crippen LogP contribution is -2.24. The Balaban J connectivity index is 2.10. The molecular formula is C11H18O2. The highest BCUT2D eigenvalue weighted by Gasteiger charge is 2.38. The minimum absolute atomic E-state index is 0.0185. The summed E-state index contributed by atoms with van der Waals surface area (Å²) in [4.78, 5) is 11.0. The van der Waals surface area contributed by atoms with Gasteiger partial charge in [-0.3, -0.25) is 4.79 Å². The lowest BCUT2D eigenvalue weighted by Gasteiger charge is -2.21. The van der Waals surface area contributed by atoms with Gasteiger partial charge in [0.1, 0.15) is 0 Å². The van der Waals surface area contributed by atoms with Crippen molar-refractivity contribution in [3.8, 4) is 0 Å². The molecule has 2 heteroatoms. The lowest BCUT2D eigenvalue weighted by molar-refractivity contribution is -0.144. The van der Waals surface area contributed by atoms with Crippen LogP contribution in [0.3, 0.4) is 0 Å². The second-order valence-corrected chi connectivity index (χ2v) is 4.58. The predicted molar refractivity (Wildman–Crippen MR) is 50.4 cm³/mol. The summed E-state index contributed by atoms with van der Waals surface area (Å²) in [7, 11) is 0. The molecule has 0 radical (unpaired) electrons. The summed E-state index contributed by atoms with van der Waals surface area (Å²) >= 11 is 0. The second kappa shape index (κ2) is 3.69. The van der Waals surface area contributed by atoms with E-state index in [0.717, 1.165) is 18.8 Å². The Kier molecular flexibility index (Phi) is 2.56. The van der Waals surface area contributed by atoms with Crippen LogP contribution in [0.15, 0.2) is 0 Å². The Bertz CT molecular complexity index is 200. The number of hydrogen-bond acceptors (Lipinski definition) is 1. The van der Waals surface area contributed by atoms with Crippen molar-refractivity contribution >= 4 is 5.97 Å². The van der Waals surface area contributed by atoms with Gasteiger partial charge in [0.25, 0.3) is 0 Å². The molecule has 1 N–H and O–H groups in total. The number of carboxylic acid groups (broad SMARTS) is 1. The molecule has 0 bridgehead atoms. The third-order valence-corrected chi connectivity index (χ3v) is 3.89. The van der Waals surface area contributed by atoms with Gasteiger partial charge < -0.3 is 5.11 Å². The Morgan fingerprint density at radius 1 is 1.00 bits per heavy atom. The van der Waals surface area contributed by atoms with Crippen LogP contribution in [0.5, 0.6) is 0 Å². The number of aliphatic carboxylic acids is 1. The summed E-state index contributed by atoms with van der Waals surface area (Å²) < 4.78 is 0. The van der Waals surface area contributed by atoms with Gasteiger partial charge in [-0.15, -0.1) is 0 Å². The van der Waals surface area contributed by atoms with Crippen molar-refractivity contribution in [3.05, 3.63) is 0 Å². The van der Waals surface area contributed by atoms with Crippen LogP contribution >= 0.6 is 0 Å². The molecule has 0 amide bonds. The van der Waals surface area contributed by atoms with Crippen molar-refractivity contribution < 1.29 is 9.90 Å². The van der Waals surface area contributed by atoms with Crippen molar-refractivity contribution in [2.75, 3.05) is 0 Å². The summed E-state index contributed by atoms with van der Waals surface area (Å²) in [6.07, 6.45) is 8.31. The van der Waals surface area contributed by atoms with Gasteiger partial charge in [0.05, 0.1) is 5.92 Å². The van der Waals surface area contributed by atoms with Crippen molar-refractivity contribution in [1.82, 2.24) is 0 Å². The second-order valence-electron chi connectivity index (χ2n) is 4.58. The molecule has 0 spiro atoms. The molecule has 2 aliphatic carbocycles. The summed E-state index contributed by atoms with van der Waals surface area (Å²) in [5.74, 6) is 0.692. The van der Waals surface area contributed by atoms with Gasteiger partial charge in [-0.25, -0.2) is 0 Å². The Labute approximate surface area is 79.3 Å². The fraction of sp³-hybridized carbons (Fsp3) is 0.909. The summed E-state index contributed by atoms with van der Waals surface area (Å²) in [5, 5.41) is 9.11. The standard InChI is InChI=1S/C11H18O2/c12-11(13)10-6-2-1-4-8-5-3-7-9(8)10/h8-10H,1-7H2,(H,12,13). The van der Waals surface area contributed by atoms with Gasteiger partial charge in [-0.1, -0.05) is 32.1 Å². The molecule has 2 rings (SSSR count). The average Bonchev–Trinajstić information content (AvgIpc) is 2.44. The first-order valence-electron chi connectivity index (χ1n) is 5.52. The first kappa shape index (κ1) is 9.04. The highest BCUT2D eigenvalue weighted by molar-refractivity contribution is 5.70. The zero-order chi connectivity index (χ0) is 9.26. The number of hydrogen-bond donors (Lipinski definition) is 1. The average molecular weight is 182 g/mol. The van der Waals surface area contributed by atoms with Gasteiger partial charge in [0.2, 0.25) is 0 Å². The molecule has 0 saturated heterocycles. The highest BCUT2D eigenvalue weighted by atomic mass is 16.4. The Morgan fingerprint density at radius 3 is 2.46 bits per heavy atom. The zero-order valence-electron chi connectivity index (χ0n) is 8.04. The van der Waals surface area contributed by atoms with Crippen LogP contribution in [0.25, 0.3) is 0 Å². The molecule has 0 aromatic rings. The summed E-state index contributed by atoms with van der Waals surface area (Å²) in [6.45, 7) is 0. The quantitative estimate of drug-likeness (QED) is 0.677. The van der Waals surface area contributed by atoms with Crippen LogP contribution in [0.2, 0.25) is 0 Å². The summed E-state index contributed by atoms with van der Waals surface area (Å²) in [6, 6.07) is 0. The maximum atomic E-state index is 11.0. The Morgan fingerprint density at radius 2 is 1.69 bits per heavy atom. The molecule has 0 aliphatic heterocycles. The third-order valence-electron chi connectivity index (χ3n) is 3.89. The number of carbonyl (C=O) groups is 1. The van der Waals surface area contributed by atoms with Crippen molar-refractivity contribution in [2.45, 2.75) is 44.9 Å². The molecule has 0 aromatic carbocycles. The molecule has 2 saturated carbocycles. The van der Waals surface area contributed by atoms with E-state index in [0.29, 0.717) is 5.92 Å². The highest BCUT2D eigenvalue weighted by Crippen LogP contribution is 2.44. The molecule has 2 nitrogen and oxygen atoms in total. The van der Waals surface area contributed by atoms with E-state index in [1.54, 1.807) is 0 Å². The SMILES string of the molecule is O=C(O)C1CCCCC2CCCC21. The van der Waals surface area contributed by atoms with E-state index in [2.05, 4.69) is 0 Å². The largest absolute Gasteiger partial charge is 0.481 e. The smallest absolute Gasteiger partial charge is 0.306 e. The molecule has 3 atom stereocenters. The van der Waals surface area contributed by atoms with Gasteiger partial charge in [-0.05, 0) is 24.7 Å². The third kappa shape index (κ3) is 1.72. The van der Waals surface area contributed by atoms with E-state index < -0.39 is 5.97 Å². The first-order valence-corrected chi connectivity index (χ1v) is 5.52. The molecule has 2 fully saturated rings. The van der Waals surface area contributed by atoms with Gasteiger partial charge in [-0.2, -0.15) is 0 Å². The normalized spacial score (nSPS) is 39.5. The van der Waals surface area contributed by atoms with Crippen molar-refractivity contribution in [3.63, 3.8) is 0 Å². The van der Waals surface area contributed by atoms with Crippen LogP contribution < -0.4 is 0 Å². The fourth-order valence-electron chi connectivity index (χ4n) is 3.25. The van der Waals surface area contributed by atoms with Gasteiger partial charge in [0.15, 0.2) is 0 Å². The number of fused-ring (bicyclic) bond motifs is 1. The maximum Gasteiger partial charge on any atom is 0.306 e.